The lowest BCUT2D eigenvalue weighted by Crippen LogP contribution is -2.36. The number of likely N-dealkylation sites (N-methyl/N-ethyl adjacent to an activating group) is 1. The topological polar surface area (TPSA) is 106 Å². The highest BCUT2D eigenvalue weighted by Crippen LogP contribution is 2.18. The number of hydrogen-bond donors (Lipinski definition) is 2. The zero-order valence-corrected chi connectivity index (χ0v) is 43.9. The molecule has 0 aliphatic rings. The minimum absolute atomic E-state index is 0.100. The van der Waals surface area contributed by atoms with Crippen LogP contribution in [-0.2, 0) is 23.8 Å². The highest BCUT2D eigenvalue weighted by Gasteiger charge is 2.15. The predicted molar refractivity (Wildman–Crippen MR) is 277 cm³/mol. The van der Waals surface area contributed by atoms with Crippen molar-refractivity contribution in [2.75, 3.05) is 53.5 Å². The molecule has 0 aromatic rings. The normalized spacial score (nSPS) is 11.5. The molecule has 9 nitrogen and oxygen atoms in total. The first-order valence-corrected chi connectivity index (χ1v) is 28.5. The van der Waals surface area contributed by atoms with Crippen LogP contribution in [0.4, 0.5) is 4.79 Å². The average Bonchev–Trinajstić information content (AvgIpc) is 3.29. The Labute approximate surface area is 403 Å². The summed E-state index contributed by atoms with van der Waals surface area (Å²) in [7, 11) is 4.08. The Morgan fingerprint density at radius 2 is 0.723 bits per heavy atom. The van der Waals surface area contributed by atoms with Crippen molar-refractivity contribution in [2.45, 2.75) is 290 Å². The van der Waals surface area contributed by atoms with Gasteiger partial charge in [0.15, 0.2) is 0 Å². The van der Waals surface area contributed by atoms with Crippen LogP contribution in [0.15, 0.2) is 0 Å². The molecule has 1 amide bonds. The van der Waals surface area contributed by atoms with Gasteiger partial charge in [-0.05, 0) is 65.5 Å². The predicted octanol–water partition coefficient (Wildman–Crippen LogP) is 15.7. The first-order chi connectivity index (χ1) is 31.9. The van der Waals surface area contributed by atoms with E-state index in [2.05, 4.69) is 29.4 Å². The number of carbonyl (C=O) groups is 3. The Balaban J connectivity index is 4.05. The smallest absolute Gasteiger partial charge is 0.407 e. The van der Waals surface area contributed by atoms with Crippen LogP contribution in [0.1, 0.15) is 284 Å². The lowest BCUT2D eigenvalue weighted by Gasteiger charge is -2.19. The molecule has 0 spiro atoms. The van der Waals surface area contributed by atoms with Gasteiger partial charge in [-0.2, -0.15) is 0 Å². The van der Waals surface area contributed by atoms with E-state index in [0.717, 1.165) is 64.5 Å². The van der Waals surface area contributed by atoms with Gasteiger partial charge < -0.3 is 29.7 Å². The van der Waals surface area contributed by atoms with Crippen LogP contribution in [0.5, 0.6) is 0 Å². The summed E-state index contributed by atoms with van der Waals surface area (Å²) in [6.45, 7) is 8.37. The number of nitrogens with one attached hydrogen (secondary N) is 2. The quantitative estimate of drug-likeness (QED) is 0.0353. The van der Waals surface area contributed by atoms with E-state index in [1.807, 2.05) is 14.1 Å². The van der Waals surface area contributed by atoms with E-state index in [-0.39, 0.29) is 18.0 Å². The van der Waals surface area contributed by atoms with E-state index < -0.39 is 6.09 Å². The minimum Gasteiger partial charge on any atom is -0.466 e. The maximum absolute atomic E-state index is 12.6. The number of ether oxygens (including phenoxy) is 3. The van der Waals surface area contributed by atoms with Gasteiger partial charge >= 0.3 is 18.0 Å². The zero-order valence-electron chi connectivity index (χ0n) is 43.9. The van der Waals surface area contributed by atoms with Crippen LogP contribution in [0.3, 0.4) is 0 Å². The van der Waals surface area contributed by atoms with E-state index in [0.29, 0.717) is 52.0 Å². The van der Waals surface area contributed by atoms with Crippen molar-refractivity contribution in [1.29, 1.82) is 0 Å². The van der Waals surface area contributed by atoms with Gasteiger partial charge in [-0.3, -0.25) is 9.59 Å². The highest BCUT2D eigenvalue weighted by atomic mass is 16.6. The summed E-state index contributed by atoms with van der Waals surface area (Å²) in [6.07, 6.45) is 50.0. The molecule has 386 valence electrons. The van der Waals surface area contributed by atoms with Crippen LogP contribution >= 0.6 is 0 Å². The fourth-order valence-corrected chi connectivity index (χ4v) is 8.59. The Morgan fingerprint density at radius 3 is 1.05 bits per heavy atom. The molecule has 65 heavy (non-hydrogen) atoms. The SMILES string of the molecule is CCCCCCCCCCCCCCCCCCCC(=O)OCCCCC(CCCCOC(=O)CCCCCCCCCCCCCCCCCCC)OC(=O)NCCNCCN(C)C. The van der Waals surface area contributed by atoms with E-state index in [1.54, 1.807) is 0 Å². The lowest BCUT2D eigenvalue weighted by atomic mass is 10.0. The van der Waals surface area contributed by atoms with Crippen LogP contribution in [-0.4, -0.2) is 82.5 Å². The average molecular weight is 923 g/mol. The van der Waals surface area contributed by atoms with Gasteiger partial charge in [0.05, 0.1) is 13.2 Å². The summed E-state index contributed by atoms with van der Waals surface area (Å²) < 4.78 is 16.9. The number of unbranched alkanes of at least 4 members (excludes halogenated alkanes) is 34. The van der Waals surface area contributed by atoms with E-state index in [4.69, 9.17) is 14.2 Å². The molecule has 2 N–H and O–H groups in total. The fraction of sp³-hybridized carbons (Fsp3) is 0.946. The molecule has 0 unspecified atom stereocenters. The van der Waals surface area contributed by atoms with Gasteiger partial charge in [0.25, 0.3) is 0 Å². The third-order valence-corrected chi connectivity index (χ3v) is 12.9. The standard InChI is InChI=1S/C56H111N3O6/c1-5-7-9-11-13-15-17-19-21-23-25-27-29-31-33-35-37-45-54(60)63-51-41-39-43-53(65-56(62)58-48-47-57-49-50-59(3)4)44-40-42-52-64-55(61)46-38-36-34-32-30-28-26-24-22-20-18-16-14-12-10-8-6-2/h53,57H,5-52H2,1-4H3,(H,58,62). The second-order valence-corrected chi connectivity index (χ2v) is 19.8. The number of alkyl carbamates (subject to hydrolysis) is 1. The molecule has 0 saturated heterocycles. The van der Waals surface area contributed by atoms with Gasteiger partial charge in [-0.25, -0.2) is 4.79 Å². The van der Waals surface area contributed by atoms with Gasteiger partial charge in [0.1, 0.15) is 6.10 Å². The molecule has 0 fully saturated rings. The molecule has 0 bridgehead atoms. The number of nitrogens with zero attached hydrogens (tertiary/aromatic N) is 1. The lowest BCUT2D eigenvalue weighted by molar-refractivity contribution is -0.144. The molecule has 0 rings (SSSR count). The number of rotatable bonds is 53. The molecule has 0 aromatic carbocycles. The van der Waals surface area contributed by atoms with Gasteiger partial charge in [-0.1, -0.05) is 219 Å². The molecule has 0 heterocycles. The molecule has 9 heteroatoms. The highest BCUT2D eigenvalue weighted by molar-refractivity contribution is 5.69. The van der Waals surface area contributed by atoms with Crippen molar-refractivity contribution in [2.24, 2.45) is 0 Å². The van der Waals surface area contributed by atoms with E-state index in [9.17, 15) is 14.4 Å². The van der Waals surface area contributed by atoms with Gasteiger partial charge in [0.2, 0.25) is 0 Å². The summed E-state index contributed by atoms with van der Waals surface area (Å²) >= 11 is 0. The van der Waals surface area contributed by atoms with E-state index in [1.165, 1.54) is 193 Å². The number of hydrogen-bond acceptors (Lipinski definition) is 8. The molecule has 0 aliphatic carbocycles. The molecule has 0 radical (unpaired) electrons. The maximum Gasteiger partial charge on any atom is 0.407 e. The number of carbonyl (C=O) groups excluding carboxylic acids is 3. The third kappa shape index (κ3) is 53.0. The van der Waals surface area contributed by atoms with E-state index >= 15 is 0 Å². The van der Waals surface area contributed by atoms with Gasteiger partial charge in [-0.15, -0.1) is 0 Å². The van der Waals surface area contributed by atoms with Crippen LogP contribution in [0, 0.1) is 0 Å². The van der Waals surface area contributed by atoms with Crippen molar-refractivity contribution in [1.82, 2.24) is 15.5 Å². The molecular weight excluding hydrogens is 811 g/mol. The monoisotopic (exact) mass is 922 g/mol. The summed E-state index contributed by atoms with van der Waals surface area (Å²) in [6, 6.07) is 0. The Bertz CT molecular complexity index is 937. The Hall–Kier alpha value is -1.87. The molecule has 0 aliphatic heterocycles. The Morgan fingerprint density at radius 1 is 0.400 bits per heavy atom. The van der Waals surface area contributed by atoms with Crippen molar-refractivity contribution in [3.8, 4) is 0 Å². The maximum atomic E-state index is 12.6. The zero-order chi connectivity index (χ0) is 47.4. The summed E-state index contributed by atoms with van der Waals surface area (Å²) in [5.41, 5.74) is 0. The largest absolute Gasteiger partial charge is 0.466 e. The summed E-state index contributed by atoms with van der Waals surface area (Å²) in [4.78, 5) is 39.4. The van der Waals surface area contributed by atoms with Crippen LogP contribution in [0.25, 0.3) is 0 Å². The van der Waals surface area contributed by atoms with Crippen molar-refractivity contribution < 1.29 is 28.6 Å². The molecule has 0 saturated carbocycles. The van der Waals surface area contributed by atoms with Crippen molar-refractivity contribution in [3.63, 3.8) is 0 Å². The summed E-state index contributed by atoms with van der Waals surface area (Å²) in [5, 5.41) is 6.20. The molecule has 0 aromatic heterocycles. The molecular formula is C56H111N3O6. The number of amides is 1. The minimum atomic E-state index is -0.398. The van der Waals surface area contributed by atoms with Crippen LogP contribution < -0.4 is 10.6 Å². The summed E-state index contributed by atoms with van der Waals surface area (Å²) in [5.74, 6) is -0.200. The van der Waals surface area contributed by atoms with Gasteiger partial charge in [0, 0.05) is 39.0 Å². The van der Waals surface area contributed by atoms with Crippen molar-refractivity contribution >= 4 is 18.0 Å². The Kier molecular flexibility index (Phi) is 51.6. The first-order valence-electron chi connectivity index (χ1n) is 28.5. The third-order valence-electron chi connectivity index (χ3n) is 12.9. The second-order valence-electron chi connectivity index (χ2n) is 19.8. The molecule has 0 atom stereocenters. The number of esters is 2. The first kappa shape index (κ1) is 63.1. The van der Waals surface area contributed by atoms with Crippen LogP contribution in [0.2, 0.25) is 0 Å². The second kappa shape index (κ2) is 53.1. The van der Waals surface area contributed by atoms with Crippen molar-refractivity contribution in [3.05, 3.63) is 0 Å². The fourth-order valence-electron chi connectivity index (χ4n) is 8.59.